The molecule has 0 bridgehead atoms. The lowest BCUT2D eigenvalue weighted by atomic mass is 10.1. The minimum Gasteiger partial charge on any atom is -0.494 e. The molecular formula is C54H78N12O22S3. The Morgan fingerprint density at radius 1 is 0.582 bits per heavy atom. The summed E-state index contributed by atoms with van der Waals surface area (Å²) in [4.78, 5) is 123. The van der Waals surface area contributed by atoms with Crippen molar-refractivity contribution < 1.29 is 103 Å². The molecule has 4 rings (SSSR count). The number of aryl methyl sites for hydroxylation is 3. The average Bonchev–Trinajstić information content (AvgIpc) is 0.836. The van der Waals surface area contributed by atoms with Gasteiger partial charge in [0.05, 0.1) is 37.7 Å². The first kappa shape index (κ1) is 75.4. The molecule has 3 aromatic rings. The zero-order valence-electron chi connectivity index (χ0n) is 49.9. The van der Waals surface area contributed by atoms with Crippen LogP contribution in [0.5, 0.6) is 5.75 Å². The number of sulfonamides is 1. The van der Waals surface area contributed by atoms with E-state index in [0.29, 0.717) is 13.0 Å². The maximum atomic E-state index is 13.6. The second-order valence-electron chi connectivity index (χ2n) is 21.1. The highest BCUT2D eigenvalue weighted by atomic mass is 32.2. The molecule has 0 unspecified atom stereocenters. The summed E-state index contributed by atoms with van der Waals surface area (Å²) in [5.41, 5.74) is 1.55. The number of aromatic nitrogens is 1. The van der Waals surface area contributed by atoms with Crippen LogP contribution in [-0.4, -0.2) is 274 Å². The van der Waals surface area contributed by atoms with Gasteiger partial charge in [0, 0.05) is 96.7 Å². The number of carboxylic acids is 4. The number of nitrogens with zero attached hydrogens (tertiary/aromatic N) is 5. The summed E-state index contributed by atoms with van der Waals surface area (Å²) in [5, 5.41) is 52.8. The number of rotatable bonds is 36. The Bertz CT molecular complexity index is 3290. The third-order valence-electron chi connectivity index (χ3n) is 13.6. The zero-order valence-corrected chi connectivity index (χ0v) is 52.4. The third kappa shape index (κ3) is 29.7. The van der Waals surface area contributed by atoms with Gasteiger partial charge in [0.25, 0.3) is 26.1 Å². The van der Waals surface area contributed by atoms with E-state index in [2.05, 4.69) is 36.3 Å². The van der Waals surface area contributed by atoms with Crippen LogP contribution in [-0.2, 0) is 75.0 Å². The van der Waals surface area contributed by atoms with Crippen molar-refractivity contribution in [1.82, 2.24) is 55.9 Å². The van der Waals surface area contributed by atoms with E-state index in [0.717, 1.165) is 17.8 Å². The first-order valence-corrected chi connectivity index (χ1v) is 33.1. The Balaban J connectivity index is 1.26. The highest BCUT2D eigenvalue weighted by Crippen LogP contribution is 2.26. The number of carbonyl (C=O) groups is 9. The van der Waals surface area contributed by atoms with Gasteiger partial charge in [-0.1, -0.05) is 18.2 Å². The number of anilines is 1. The van der Waals surface area contributed by atoms with Crippen LogP contribution in [0.1, 0.15) is 46.3 Å². The topological polar surface area (TPSA) is 497 Å². The fraction of sp³-hybridized carbons (Fsp3) is 0.519. The quantitative estimate of drug-likeness (QED) is 0.0199. The van der Waals surface area contributed by atoms with Crippen LogP contribution < -0.4 is 41.4 Å². The van der Waals surface area contributed by atoms with Crippen molar-refractivity contribution in [3.63, 3.8) is 0 Å². The molecule has 0 spiro atoms. The molecule has 1 aromatic heterocycles. The Hall–Kier alpha value is -8.01. The molecule has 0 radical (unpaired) electrons. The van der Waals surface area contributed by atoms with Gasteiger partial charge in [0.15, 0.2) is 0 Å². The number of nitrogens with one attached hydrogen (secondary N) is 7. The molecule has 2 aromatic carbocycles. The maximum Gasteiger partial charge on any atom is 0.323 e. The summed E-state index contributed by atoms with van der Waals surface area (Å²) in [6.07, 6.45) is 3.14. The van der Waals surface area contributed by atoms with Gasteiger partial charge in [-0.15, -0.1) is 0 Å². The molecule has 34 nitrogen and oxygen atoms in total. The molecule has 0 aliphatic carbocycles. The van der Waals surface area contributed by atoms with Crippen molar-refractivity contribution in [3.8, 4) is 5.75 Å². The summed E-state index contributed by atoms with van der Waals surface area (Å²) < 4.78 is 103. The molecule has 0 saturated carbocycles. The minimum absolute atomic E-state index is 0.0327. The first-order valence-electron chi connectivity index (χ1n) is 28.4. The van der Waals surface area contributed by atoms with Gasteiger partial charge in [0.1, 0.15) is 41.2 Å². The van der Waals surface area contributed by atoms with E-state index in [4.69, 9.17) is 4.74 Å². The lowest BCUT2D eigenvalue weighted by Gasteiger charge is -2.33. The van der Waals surface area contributed by atoms with Crippen molar-refractivity contribution in [2.24, 2.45) is 0 Å². The number of hydrogen-bond acceptors (Lipinski definition) is 22. The third-order valence-corrected chi connectivity index (χ3v) is 16.9. The predicted octanol–water partition coefficient (Wildman–Crippen LogP) is -3.48. The Kier molecular flexibility index (Phi) is 30.5. The van der Waals surface area contributed by atoms with Crippen LogP contribution in [0.3, 0.4) is 0 Å². The van der Waals surface area contributed by atoms with Crippen LogP contribution in [0.2, 0.25) is 0 Å². The highest BCUT2D eigenvalue weighted by Gasteiger charge is 2.34. The summed E-state index contributed by atoms with van der Waals surface area (Å²) in [7, 11) is -14.7. The molecule has 504 valence electrons. The maximum absolute atomic E-state index is 13.6. The van der Waals surface area contributed by atoms with E-state index >= 15 is 0 Å². The smallest absolute Gasteiger partial charge is 0.323 e. The zero-order chi connectivity index (χ0) is 67.5. The van der Waals surface area contributed by atoms with E-state index in [1.807, 2.05) is 23.5 Å². The van der Waals surface area contributed by atoms with E-state index in [1.165, 1.54) is 45.6 Å². The monoisotopic (exact) mass is 1340 g/mol. The van der Waals surface area contributed by atoms with Gasteiger partial charge < -0.3 is 57.1 Å². The number of aliphatic carboxylic acids is 4. The van der Waals surface area contributed by atoms with Crippen molar-refractivity contribution in [2.75, 3.05) is 128 Å². The molecule has 1 aliphatic heterocycles. The number of hydrogen-bond donors (Lipinski definition) is 13. The molecule has 3 atom stereocenters. The standard InChI is InChI=1S/C54H78N12O22S3/c1-36-27-40(28-37(2)50(36)91(86,87)62-41(54(78)79)29-59-51(75)39-12-10-38(11-13-39)7-5-15-56-44-8-3-4-14-55-44)88-26-6-9-45(67)57-16-17-58-52(76)42(34-89(80,81)82)61-53(77)43(35-90(83,84)85)60-46(68)30-63-18-20-64(31-47(69)70)22-24-66(33-49(73)74)25-23-65(21-19-63)32-48(71)72/h3-4,8,10-14,27-28,41-43,62H,5-7,9,15-26,29-35H2,1-2H3,(H,55,56)(H,57,67)(H,58,76)(H,59,75)(H,60,68)(H,61,77)(H,69,70)(H,71,72)(H,73,74)(H,78,79)(H,80,81,82)(H,83,84,85)/t41-,42-,43-/m0/s1. The first-order chi connectivity index (χ1) is 42.7. The van der Waals surface area contributed by atoms with Crippen LogP contribution >= 0.6 is 0 Å². The average molecular weight is 1340 g/mol. The summed E-state index contributed by atoms with van der Waals surface area (Å²) in [6, 6.07) is 8.88. The highest BCUT2D eigenvalue weighted by molar-refractivity contribution is 7.89. The summed E-state index contributed by atoms with van der Waals surface area (Å²) in [6.45, 7) is 0.211. The number of carbonyl (C=O) groups excluding carboxylic acids is 5. The second-order valence-corrected chi connectivity index (χ2v) is 25.8. The normalized spacial score (nSPS) is 15.3. The summed E-state index contributed by atoms with van der Waals surface area (Å²) in [5.74, 6) is -12.2. The van der Waals surface area contributed by atoms with Crippen molar-refractivity contribution in [3.05, 3.63) is 83.0 Å². The van der Waals surface area contributed by atoms with Crippen LogP contribution in [0, 0.1) is 13.8 Å². The molecule has 1 fully saturated rings. The lowest BCUT2D eigenvalue weighted by Crippen LogP contribution is -2.58. The number of pyridine rings is 1. The SMILES string of the molecule is Cc1cc(OCCCC(=O)NCCNC(=O)[C@H](CS(=O)(=O)O)NC(=O)[C@H](CS(=O)(=O)O)NC(=O)CN2CCN(CC(=O)O)CCN(CC(=O)O)CCN(CC(=O)O)CC2)cc(C)c1S(=O)(=O)N[C@@H](CNC(=O)c1ccc(CCCNc2ccccn2)cc1)C(=O)O. The molecule has 5 amide bonds. The Morgan fingerprint density at radius 3 is 1.57 bits per heavy atom. The molecule has 37 heteroatoms. The minimum atomic E-state index is -5.11. The van der Waals surface area contributed by atoms with Crippen molar-refractivity contribution >= 4 is 89.5 Å². The van der Waals surface area contributed by atoms with E-state index in [1.54, 1.807) is 30.5 Å². The second kappa shape index (κ2) is 36.7. The molecule has 2 heterocycles. The number of amides is 5. The number of ether oxygens (including phenoxy) is 1. The fourth-order valence-electron chi connectivity index (χ4n) is 9.25. The molecule has 13 N–H and O–H groups in total. The van der Waals surface area contributed by atoms with Crippen molar-refractivity contribution in [2.45, 2.75) is 62.6 Å². The van der Waals surface area contributed by atoms with Gasteiger partial charge in [-0.05, 0) is 86.2 Å². The largest absolute Gasteiger partial charge is 0.494 e. The Morgan fingerprint density at radius 2 is 1.09 bits per heavy atom. The van der Waals surface area contributed by atoms with Crippen LogP contribution in [0.25, 0.3) is 0 Å². The van der Waals surface area contributed by atoms with Crippen LogP contribution in [0.4, 0.5) is 5.82 Å². The number of carboxylic acid groups (broad SMARTS) is 4. The number of benzene rings is 2. The van der Waals surface area contributed by atoms with Crippen molar-refractivity contribution in [1.29, 1.82) is 0 Å². The van der Waals surface area contributed by atoms with E-state index in [-0.39, 0.29) is 106 Å². The molecule has 1 aliphatic rings. The predicted molar refractivity (Wildman–Crippen MR) is 324 cm³/mol. The van der Waals surface area contributed by atoms with Gasteiger partial charge >= 0.3 is 23.9 Å². The van der Waals surface area contributed by atoms with Gasteiger partial charge in [-0.2, -0.15) is 21.6 Å². The Labute approximate surface area is 525 Å². The fourth-order valence-corrected chi connectivity index (χ4v) is 12.2. The van der Waals surface area contributed by atoms with Gasteiger partial charge in [-0.3, -0.25) is 71.9 Å². The summed E-state index contributed by atoms with van der Waals surface area (Å²) >= 11 is 0. The molecule has 91 heavy (non-hydrogen) atoms. The molecule has 1 saturated heterocycles. The lowest BCUT2D eigenvalue weighted by molar-refractivity contribution is -0.140. The van der Waals surface area contributed by atoms with Crippen LogP contribution in [0.15, 0.2) is 65.7 Å². The van der Waals surface area contributed by atoms with E-state index < -0.39 is 153 Å². The van der Waals surface area contributed by atoms with Gasteiger partial charge in [0.2, 0.25) is 33.7 Å². The van der Waals surface area contributed by atoms with Gasteiger partial charge in [-0.25, -0.2) is 13.4 Å². The molecular weight excluding hydrogens is 1260 g/mol. The van der Waals surface area contributed by atoms with E-state index in [9.17, 15) is 97.9 Å².